The minimum Gasteiger partial charge on any atom is -0.497 e. The van der Waals surface area contributed by atoms with E-state index in [9.17, 15) is 0 Å². The van der Waals surface area contributed by atoms with Gasteiger partial charge in [-0.3, -0.25) is 4.40 Å². The average molecular weight is 296 g/mol. The maximum atomic E-state index is 5.86. The zero-order valence-corrected chi connectivity index (χ0v) is 12.1. The van der Waals surface area contributed by atoms with Crippen LogP contribution in [0.3, 0.4) is 0 Å². The summed E-state index contributed by atoms with van der Waals surface area (Å²) >= 11 is 1.59. The Morgan fingerprint density at radius 2 is 2.05 bits per heavy atom. The van der Waals surface area contributed by atoms with Crippen molar-refractivity contribution in [2.75, 3.05) is 12.8 Å². The quantitative estimate of drug-likeness (QED) is 0.577. The van der Waals surface area contributed by atoms with Crippen LogP contribution in [0.2, 0.25) is 0 Å². The van der Waals surface area contributed by atoms with E-state index in [0.717, 1.165) is 32.3 Å². The fraction of sp³-hybridized carbons (Fsp3) is 0.0667. The molecule has 0 bridgehead atoms. The lowest BCUT2D eigenvalue weighted by molar-refractivity contribution is 0.415. The summed E-state index contributed by atoms with van der Waals surface area (Å²) in [6.45, 7) is 0. The SMILES string of the molecule is COc1ccc2c(c1)sc1nnc(-c3cccc(N)c3)n12. The van der Waals surface area contributed by atoms with Gasteiger partial charge in [0.25, 0.3) is 0 Å². The van der Waals surface area contributed by atoms with Gasteiger partial charge >= 0.3 is 0 Å². The van der Waals surface area contributed by atoms with E-state index >= 15 is 0 Å². The van der Waals surface area contributed by atoms with Gasteiger partial charge in [0.2, 0.25) is 4.96 Å². The highest BCUT2D eigenvalue weighted by Gasteiger charge is 2.14. The molecule has 0 aliphatic rings. The number of nitrogens with zero attached hydrogens (tertiary/aromatic N) is 3. The van der Waals surface area contributed by atoms with Crippen LogP contribution in [0.25, 0.3) is 26.6 Å². The normalized spacial score (nSPS) is 11.3. The average Bonchev–Trinajstić information content (AvgIpc) is 3.05. The summed E-state index contributed by atoms with van der Waals surface area (Å²) in [6, 6.07) is 13.7. The number of thiazole rings is 1. The fourth-order valence-corrected chi connectivity index (χ4v) is 3.40. The van der Waals surface area contributed by atoms with Gasteiger partial charge in [0, 0.05) is 11.3 Å². The number of methoxy groups -OCH3 is 1. The molecule has 2 aromatic heterocycles. The molecule has 0 saturated heterocycles. The van der Waals surface area contributed by atoms with Crippen molar-refractivity contribution in [2.24, 2.45) is 0 Å². The second kappa shape index (κ2) is 4.46. The Bertz CT molecular complexity index is 957. The van der Waals surface area contributed by atoms with Crippen LogP contribution < -0.4 is 10.5 Å². The summed E-state index contributed by atoms with van der Waals surface area (Å²) in [5, 5.41) is 8.56. The van der Waals surface area contributed by atoms with Gasteiger partial charge in [0.05, 0.1) is 17.3 Å². The summed E-state index contributed by atoms with van der Waals surface area (Å²) in [4.78, 5) is 0.857. The number of nitrogens with two attached hydrogens (primary N) is 1. The molecule has 0 spiro atoms. The second-order valence-corrected chi connectivity index (χ2v) is 5.71. The van der Waals surface area contributed by atoms with E-state index in [2.05, 4.69) is 10.2 Å². The highest BCUT2D eigenvalue weighted by atomic mass is 32.1. The van der Waals surface area contributed by atoms with Crippen molar-refractivity contribution in [3.05, 3.63) is 42.5 Å². The van der Waals surface area contributed by atoms with Gasteiger partial charge in [-0.1, -0.05) is 23.5 Å². The molecule has 4 aromatic rings. The second-order valence-electron chi connectivity index (χ2n) is 4.70. The molecule has 0 amide bonds. The lowest BCUT2D eigenvalue weighted by Gasteiger charge is -2.02. The molecule has 0 atom stereocenters. The Kier molecular flexibility index (Phi) is 2.58. The number of benzene rings is 2. The van der Waals surface area contributed by atoms with Gasteiger partial charge in [-0.05, 0) is 30.3 Å². The molecule has 0 unspecified atom stereocenters. The van der Waals surface area contributed by atoms with Crippen LogP contribution >= 0.6 is 11.3 Å². The molecular formula is C15H12N4OS. The molecule has 6 heteroatoms. The Labute approximate surface area is 124 Å². The Morgan fingerprint density at radius 3 is 2.86 bits per heavy atom. The smallest absolute Gasteiger partial charge is 0.217 e. The summed E-state index contributed by atoms with van der Waals surface area (Å²) in [5.74, 6) is 1.64. The predicted molar refractivity (Wildman–Crippen MR) is 84.8 cm³/mol. The first-order valence-corrected chi connectivity index (χ1v) is 7.25. The molecule has 4 rings (SSSR count). The van der Waals surface area contributed by atoms with Crippen LogP contribution in [-0.2, 0) is 0 Å². The summed E-state index contributed by atoms with van der Waals surface area (Å²) < 4.78 is 8.44. The van der Waals surface area contributed by atoms with E-state index in [4.69, 9.17) is 10.5 Å². The number of aromatic nitrogens is 3. The summed E-state index contributed by atoms with van der Waals surface area (Å²) in [5.41, 5.74) is 8.60. The van der Waals surface area contributed by atoms with E-state index < -0.39 is 0 Å². The standard InChI is InChI=1S/C15H12N4OS/c1-20-11-5-6-12-13(8-11)21-15-18-17-14(19(12)15)9-3-2-4-10(16)7-9/h2-8H,16H2,1H3. The van der Waals surface area contributed by atoms with Crippen molar-refractivity contribution in [3.63, 3.8) is 0 Å². The lowest BCUT2D eigenvalue weighted by atomic mass is 10.2. The van der Waals surface area contributed by atoms with Crippen molar-refractivity contribution in [2.45, 2.75) is 0 Å². The number of ether oxygens (including phenoxy) is 1. The largest absolute Gasteiger partial charge is 0.497 e. The third kappa shape index (κ3) is 1.84. The zero-order valence-electron chi connectivity index (χ0n) is 11.3. The van der Waals surface area contributed by atoms with E-state index in [1.54, 1.807) is 18.4 Å². The van der Waals surface area contributed by atoms with Gasteiger partial charge in [-0.2, -0.15) is 0 Å². The number of fused-ring (bicyclic) bond motifs is 3. The van der Waals surface area contributed by atoms with E-state index in [1.807, 2.05) is 46.9 Å². The molecule has 0 saturated carbocycles. The van der Waals surface area contributed by atoms with Crippen LogP contribution in [0.1, 0.15) is 0 Å². The number of hydrogen-bond donors (Lipinski definition) is 1. The number of nitrogen functional groups attached to an aromatic ring is 1. The van der Waals surface area contributed by atoms with Gasteiger partial charge in [0.1, 0.15) is 5.75 Å². The van der Waals surface area contributed by atoms with Gasteiger partial charge in [-0.25, -0.2) is 0 Å². The highest BCUT2D eigenvalue weighted by molar-refractivity contribution is 7.23. The molecule has 2 aromatic carbocycles. The molecule has 2 N–H and O–H groups in total. The molecule has 5 nitrogen and oxygen atoms in total. The maximum Gasteiger partial charge on any atom is 0.217 e. The third-order valence-electron chi connectivity index (χ3n) is 3.39. The van der Waals surface area contributed by atoms with Crippen molar-refractivity contribution >= 4 is 32.2 Å². The Morgan fingerprint density at radius 1 is 1.14 bits per heavy atom. The molecule has 0 radical (unpaired) electrons. The molecular weight excluding hydrogens is 284 g/mol. The zero-order chi connectivity index (χ0) is 14.4. The van der Waals surface area contributed by atoms with E-state index in [-0.39, 0.29) is 0 Å². The Balaban J connectivity index is 2.02. The van der Waals surface area contributed by atoms with Crippen molar-refractivity contribution in [3.8, 4) is 17.1 Å². The fourth-order valence-electron chi connectivity index (χ4n) is 2.40. The maximum absolute atomic E-state index is 5.86. The molecule has 0 fully saturated rings. The number of anilines is 1. The van der Waals surface area contributed by atoms with Crippen molar-refractivity contribution in [1.29, 1.82) is 0 Å². The number of hydrogen-bond acceptors (Lipinski definition) is 5. The number of rotatable bonds is 2. The van der Waals surface area contributed by atoms with Crippen LogP contribution in [0.15, 0.2) is 42.5 Å². The van der Waals surface area contributed by atoms with E-state index in [1.165, 1.54) is 0 Å². The van der Waals surface area contributed by atoms with Gasteiger partial charge in [-0.15, -0.1) is 10.2 Å². The van der Waals surface area contributed by atoms with Crippen LogP contribution in [0, 0.1) is 0 Å². The molecule has 104 valence electrons. The van der Waals surface area contributed by atoms with Crippen molar-refractivity contribution in [1.82, 2.24) is 14.6 Å². The van der Waals surface area contributed by atoms with Crippen LogP contribution in [0.5, 0.6) is 5.75 Å². The topological polar surface area (TPSA) is 65.4 Å². The van der Waals surface area contributed by atoms with Gasteiger partial charge in [0.15, 0.2) is 5.82 Å². The minimum atomic E-state index is 0.713. The molecule has 2 heterocycles. The lowest BCUT2D eigenvalue weighted by Crippen LogP contribution is -1.90. The van der Waals surface area contributed by atoms with Crippen molar-refractivity contribution < 1.29 is 4.74 Å². The molecule has 21 heavy (non-hydrogen) atoms. The monoisotopic (exact) mass is 296 g/mol. The molecule has 0 aliphatic carbocycles. The first kappa shape index (κ1) is 12.2. The summed E-state index contributed by atoms with van der Waals surface area (Å²) in [6.07, 6.45) is 0. The molecule has 0 aliphatic heterocycles. The predicted octanol–water partition coefficient (Wildman–Crippen LogP) is 3.20. The summed E-state index contributed by atoms with van der Waals surface area (Å²) in [7, 11) is 1.67. The van der Waals surface area contributed by atoms with Gasteiger partial charge < -0.3 is 10.5 Å². The van der Waals surface area contributed by atoms with Crippen LogP contribution in [0.4, 0.5) is 5.69 Å². The third-order valence-corrected chi connectivity index (χ3v) is 4.38. The first-order valence-electron chi connectivity index (χ1n) is 6.44. The minimum absolute atomic E-state index is 0.713. The van der Waals surface area contributed by atoms with E-state index in [0.29, 0.717) is 5.69 Å². The highest BCUT2D eigenvalue weighted by Crippen LogP contribution is 2.32. The van der Waals surface area contributed by atoms with Crippen LogP contribution in [-0.4, -0.2) is 21.7 Å². The first-order chi connectivity index (χ1) is 10.3. The Hall–Kier alpha value is -2.60.